The van der Waals surface area contributed by atoms with Gasteiger partial charge in [0, 0.05) is 11.3 Å². The fraction of sp³-hybridized carbons (Fsp3) is 0.235. The van der Waals surface area contributed by atoms with Crippen LogP contribution < -0.4 is 16.4 Å². The normalized spacial score (nSPS) is 11.6. The van der Waals surface area contributed by atoms with E-state index < -0.39 is 17.9 Å². The van der Waals surface area contributed by atoms with Crippen LogP contribution in [0.3, 0.4) is 0 Å². The number of benzene rings is 1. The predicted molar refractivity (Wildman–Crippen MR) is 96.6 cm³/mol. The molecule has 25 heavy (non-hydrogen) atoms. The molecule has 0 saturated carbocycles. The molecular weight excluding hydrogens is 342 g/mol. The fourth-order valence-electron chi connectivity index (χ4n) is 2.09. The van der Waals surface area contributed by atoms with Crippen molar-refractivity contribution in [3.05, 3.63) is 54.0 Å². The second kappa shape index (κ2) is 8.93. The number of carbonyl (C=O) groups excluding carboxylic acids is 3. The van der Waals surface area contributed by atoms with Crippen LogP contribution in [0.5, 0.6) is 0 Å². The Morgan fingerprint density at radius 2 is 1.92 bits per heavy atom. The number of hydrogen-bond acceptors (Lipinski definition) is 5. The van der Waals surface area contributed by atoms with Gasteiger partial charge in [0.2, 0.25) is 11.8 Å². The number of rotatable bonds is 8. The third-order valence-electron chi connectivity index (χ3n) is 3.41. The van der Waals surface area contributed by atoms with Crippen molar-refractivity contribution in [2.75, 3.05) is 17.3 Å². The van der Waals surface area contributed by atoms with Crippen LogP contribution in [0.1, 0.15) is 27.3 Å². The van der Waals surface area contributed by atoms with Gasteiger partial charge in [0.05, 0.1) is 6.26 Å². The molecule has 2 rings (SSSR count). The van der Waals surface area contributed by atoms with Gasteiger partial charge in [-0.05, 0) is 54.8 Å². The van der Waals surface area contributed by atoms with Crippen molar-refractivity contribution < 1.29 is 18.8 Å². The number of primary amides is 1. The minimum Gasteiger partial charge on any atom is -0.459 e. The summed E-state index contributed by atoms with van der Waals surface area (Å²) in [5, 5.41) is 5.39. The standard InChI is InChI=1S/C17H19N3O4S/c1-25-10-8-13(20-17(23)14-3-2-9-24-14)16(22)19-12-6-4-11(5-7-12)15(18)21/h2-7,9,13H,8,10H2,1H3,(H2,18,21)(H,19,22)(H,20,23). The smallest absolute Gasteiger partial charge is 0.287 e. The molecule has 1 aromatic carbocycles. The number of nitrogens with one attached hydrogen (secondary N) is 2. The van der Waals surface area contributed by atoms with Crippen molar-refractivity contribution in [1.82, 2.24) is 5.32 Å². The Morgan fingerprint density at radius 1 is 1.20 bits per heavy atom. The Balaban J connectivity index is 2.04. The molecule has 1 aromatic heterocycles. The first-order valence-corrected chi connectivity index (χ1v) is 8.94. The number of amides is 3. The van der Waals surface area contributed by atoms with Crippen LogP contribution in [0, 0.1) is 0 Å². The van der Waals surface area contributed by atoms with E-state index in [1.807, 2.05) is 6.26 Å². The molecule has 4 N–H and O–H groups in total. The van der Waals surface area contributed by atoms with Gasteiger partial charge in [0.1, 0.15) is 6.04 Å². The molecule has 0 aliphatic rings. The molecule has 0 spiro atoms. The Bertz CT molecular complexity index is 729. The molecule has 0 radical (unpaired) electrons. The zero-order valence-corrected chi connectivity index (χ0v) is 14.5. The lowest BCUT2D eigenvalue weighted by atomic mass is 10.1. The Morgan fingerprint density at radius 3 is 2.48 bits per heavy atom. The van der Waals surface area contributed by atoms with Gasteiger partial charge in [0.15, 0.2) is 5.76 Å². The Hall–Kier alpha value is -2.74. The van der Waals surface area contributed by atoms with Crippen LogP contribution in [0.15, 0.2) is 47.1 Å². The van der Waals surface area contributed by atoms with Crippen molar-refractivity contribution in [2.24, 2.45) is 5.73 Å². The monoisotopic (exact) mass is 361 g/mol. The average molecular weight is 361 g/mol. The first-order valence-electron chi connectivity index (χ1n) is 7.55. The lowest BCUT2D eigenvalue weighted by Gasteiger charge is -2.17. The van der Waals surface area contributed by atoms with Crippen molar-refractivity contribution in [1.29, 1.82) is 0 Å². The highest BCUT2D eigenvalue weighted by Crippen LogP contribution is 2.11. The maximum atomic E-state index is 12.5. The summed E-state index contributed by atoms with van der Waals surface area (Å²) >= 11 is 1.58. The second-order valence-electron chi connectivity index (χ2n) is 5.22. The Labute approximate surface area is 149 Å². The summed E-state index contributed by atoms with van der Waals surface area (Å²) in [6, 6.07) is 8.64. The summed E-state index contributed by atoms with van der Waals surface area (Å²) in [4.78, 5) is 35.7. The fourth-order valence-corrected chi connectivity index (χ4v) is 2.56. The quantitative estimate of drug-likeness (QED) is 0.664. The van der Waals surface area contributed by atoms with Crippen LogP contribution >= 0.6 is 11.8 Å². The van der Waals surface area contributed by atoms with Gasteiger partial charge in [-0.1, -0.05) is 0 Å². The molecule has 1 heterocycles. The number of anilines is 1. The van der Waals surface area contributed by atoms with Gasteiger partial charge in [0.25, 0.3) is 5.91 Å². The van der Waals surface area contributed by atoms with Gasteiger partial charge < -0.3 is 20.8 Å². The number of carbonyl (C=O) groups is 3. The van der Waals surface area contributed by atoms with Gasteiger partial charge in [-0.3, -0.25) is 14.4 Å². The van der Waals surface area contributed by atoms with E-state index in [9.17, 15) is 14.4 Å². The zero-order chi connectivity index (χ0) is 18.2. The number of thioether (sulfide) groups is 1. The highest BCUT2D eigenvalue weighted by Gasteiger charge is 2.22. The van der Waals surface area contributed by atoms with E-state index in [1.165, 1.54) is 24.5 Å². The molecule has 0 fully saturated rings. The molecule has 7 nitrogen and oxygen atoms in total. The van der Waals surface area contributed by atoms with E-state index in [-0.39, 0.29) is 11.7 Å². The van der Waals surface area contributed by atoms with Gasteiger partial charge >= 0.3 is 0 Å². The SMILES string of the molecule is CSCCC(NC(=O)c1ccco1)C(=O)Nc1ccc(C(N)=O)cc1. The third-order valence-corrected chi connectivity index (χ3v) is 4.06. The summed E-state index contributed by atoms with van der Waals surface area (Å²) in [7, 11) is 0. The van der Waals surface area contributed by atoms with Crippen LogP contribution in [0.25, 0.3) is 0 Å². The number of hydrogen-bond donors (Lipinski definition) is 3. The minimum absolute atomic E-state index is 0.146. The second-order valence-corrected chi connectivity index (χ2v) is 6.20. The largest absolute Gasteiger partial charge is 0.459 e. The molecule has 0 bridgehead atoms. The van der Waals surface area contributed by atoms with Gasteiger partial charge in [-0.15, -0.1) is 0 Å². The summed E-state index contributed by atoms with van der Waals surface area (Å²) < 4.78 is 5.04. The topological polar surface area (TPSA) is 114 Å². The third kappa shape index (κ3) is 5.39. The van der Waals surface area contributed by atoms with Gasteiger partial charge in [-0.25, -0.2) is 0 Å². The highest BCUT2D eigenvalue weighted by atomic mass is 32.2. The van der Waals surface area contributed by atoms with E-state index in [4.69, 9.17) is 10.2 Å². The number of furan rings is 1. The number of nitrogens with two attached hydrogens (primary N) is 1. The molecule has 1 atom stereocenters. The maximum absolute atomic E-state index is 12.5. The molecule has 1 unspecified atom stereocenters. The van der Waals surface area contributed by atoms with E-state index in [2.05, 4.69) is 10.6 Å². The summed E-state index contributed by atoms with van der Waals surface area (Å²) in [5.74, 6) is -0.484. The first-order chi connectivity index (χ1) is 12.0. The maximum Gasteiger partial charge on any atom is 0.287 e. The summed E-state index contributed by atoms with van der Waals surface area (Å²) in [6.45, 7) is 0. The molecule has 132 valence electrons. The molecule has 3 amide bonds. The molecule has 0 aliphatic carbocycles. The summed E-state index contributed by atoms with van der Waals surface area (Å²) in [5.41, 5.74) is 6.05. The average Bonchev–Trinajstić information content (AvgIpc) is 3.13. The van der Waals surface area contributed by atoms with Crippen molar-refractivity contribution in [3.8, 4) is 0 Å². The molecule has 0 saturated heterocycles. The van der Waals surface area contributed by atoms with Crippen molar-refractivity contribution in [2.45, 2.75) is 12.5 Å². The molecule has 2 aromatic rings. The van der Waals surface area contributed by atoms with E-state index >= 15 is 0 Å². The van der Waals surface area contributed by atoms with E-state index in [0.29, 0.717) is 23.4 Å². The van der Waals surface area contributed by atoms with E-state index in [1.54, 1.807) is 30.0 Å². The van der Waals surface area contributed by atoms with Crippen LogP contribution in [-0.2, 0) is 4.79 Å². The predicted octanol–water partition coefficient (Wildman–Crippen LogP) is 1.87. The lowest BCUT2D eigenvalue weighted by molar-refractivity contribution is -0.118. The molecule has 8 heteroatoms. The van der Waals surface area contributed by atoms with Crippen LogP contribution in [-0.4, -0.2) is 35.8 Å². The highest BCUT2D eigenvalue weighted by molar-refractivity contribution is 7.98. The lowest BCUT2D eigenvalue weighted by Crippen LogP contribution is -2.44. The van der Waals surface area contributed by atoms with Crippen LogP contribution in [0.2, 0.25) is 0 Å². The Kier molecular flexibility index (Phi) is 6.64. The minimum atomic E-state index is -0.708. The van der Waals surface area contributed by atoms with E-state index in [0.717, 1.165) is 0 Å². The first kappa shape index (κ1) is 18.6. The molecule has 0 aliphatic heterocycles. The zero-order valence-electron chi connectivity index (χ0n) is 13.7. The van der Waals surface area contributed by atoms with Crippen molar-refractivity contribution >= 4 is 35.2 Å². The van der Waals surface area contributed by atoms with Crippen molar-refractivity contribution in [3.63, 3.8) is 0 Å². The van der Waals surface area contributed by atoms with Crippen LogP contribution in [0.4, 0.5) is 5.69 Å². The summed E-state index contributed by atoms with van der Waals surface area (Å²) in [6.07, 6.45) is 3.79. The van der Waals surface area contributed by atoms with Gasteiger partial charge in [-0.2, -0.15) is 11.8 Å². The molecular formula is C17H19N3O4S.